The highest BCUT2D eigenvalue weighted by Gasteiger charge is 1.95. The summed E-state index contributed by atoms with van der Waals surface area (Å²) in [5.74, 6) is 1.61. The molecule has 0 saturated heterocycles. The molecule has 1 nitrogen and oxygen atoms in total. The van der Waals surface area contributed by atoms with Crippen LogP contribution in [0.4, 0.5) is 0 Å². The SMILES string of the molecule is CCCCCCOc1cccc(C[S])c1. The highest BCUT2D eigenvalue weighted by atomic mass is 32.1. The van der Waals surface area contributed by atoms with Crippen molar-refractivity contribution in [3.05, 3.63) is 29.8 Å². The second-order valence-electron chi connectivity index (χ2n) is 3.70. The van der Waals surface area contributed by atoms with E-state index in [0.29, 0.717) is 5.75 Å². The topological polar surface area (TPSA) is 9.23 Å². The minimum atomic E-state index is 0.660. The first-order chi connectivity index (χ1) is 7.36. The third-order valence-corrected chi connectivity index (χ3v) is 2.67. The van der Waals surface area contributed by atoms with Crippen LogP contribution in [0.3, 0.4) is 0 Å². The zero-order valence-electron chi connectivity index (χ0n) is 9.37. The van der Waals surface area contributed by atoms with Gasteiger partial charge in [0.25, 0.3) is 0 Å². The van der Waals surface area contributed by atoms with Gasteiger partial charge in [0, 0.05) is 5.75 Å². The number of rotatable bonds is 7. The maximum absolute atomic E-state index is 5.65. The van der Waals surface area contributed by atoms with Crippen LogP contribution in [0.1, 0.15) is 38.2 Å². The lowest BCUT2D eigenvalue weighted by Gasteiger charge is -2.06. The summed E-state index contributed by atoms with van der Waals surface area (Å²) in [5, 5.41) is 0. The molecular formula is C13H19OS. The average molecular weight is 223 g/mol. The molecule has 0 heterocycles. The Morgan fingerprint density at radius 3 is 2.80 bits per heavy atom. The van der Waals surface area contributed by atoms with Gasteiger partial charge in [-0.1, -0.05) is 50.9 Å². The van der Waals surface area contributed by atoms with Crippen LogP contribution in [0.25, 0.3) is 0 Å². The summed E-state index contributed by atoms with van der Waals surface area (Å²) in [6, 6.07) is 8.07. The van der Waals surface area contributed by atoms with Gasteiger partial charge in [0.2, 0.25) is 0 Å². The lowest BCUT2D eigenvalue weighted by molar-refractivity contribution is 0.305. The zero-order chi connectivity index (χ0) is 10.9. The highest BCUT2D eigenvalue weighted by Crippen LogP contribution is 2.15. The molecule has 1 radical (unpaired) electrons. The molecule has 0 atom stereocenters. The second-order valence-corrected chi connectivity index (χ2v) is 3.99. The molecule has 0 saturated carbocycles. The summed E-state index contributed by atoms with van der Waals surface area (Å²) in [7, 11) is 0. The Bertz CT molecular complexity index is 273. The van der Waals surface area contributed by atoms with Crippen molar-refractivity contribution in [3.63, 3.8) is 0 Å². The molecular weight excluding hydrogens is 204 g/mol. The van der Waals surface area contributed by atoms with Crippen molar-refractivity contribution in [3.8, 4) is 5.75 Å². The van der Waals surface area contributed by atoms with Crippen LogP contribution in [-0.4, -0.2) is 6.61 Å². The molecule has 0 fully saturated rings. The van der Waals surface area contributed by atoms with Crippen LogP contribution in [0.15, 0.2) is 24.3 Å². The summed E-state index contributed by atoms with van der Waals surface area (Å²) in [6.45, 7) is 3.04. The van der Waals surface area contributed by atoms with Crippen molar-refractivity contribution >= 4 is 12.6 Å². The Morgan fingerprint density at radius 2 is 2.07 bits per heavy atom. The molecule has 0 bridgehead atoms. The smallest absolute Gasteiger partial charge is 0.119 e. The van der Waals surface area contributed by atoms with E-state index in [0.717, 1.165) is 24.3 Å². The van der Waals surface area contributed by atoms with Crippen LogP contribution < -0.4 is 4.74 Å². The molecule has 0 aliphatic heterocycles. The zero-order valence-corrected chi connectivity index (χ0v) is 10.2. The van der Waals surface area contributed by atoms with Crippen LogP contribution in [0.5, 0.6) is 5.75 Å². The number of benzene rings is 1. The molecule has 2 heteroatoms. The first kappa shape index (κ1) is 12.4. The van der Waals surface area contributed by atoms with Crippen LogP contribution in [-0.2, 0) is 5.75 Å². The third kappa shape index (κ3) is 5.12. The van der Waals surface area contributed by atoms with Gasteiger partial charge in [-0.3, -0.25) is 0 Å². The Balaban J connectivity index is 2.24. The van der Waals surface area contributed by atoms with Crippen molar-refractivity contribution < 1.29 is 4.74 Å². The van der Waals surface area contributed by atoms with E-state index < -0.39 is 0 Å². The molecule has 15 heavy (non-hydrogen) atoms. The molecule has 0 spiro atoms. The number of unbranched alkanes of at least 4 members (excludes halogenated alkanes) is 3. The van der Waals surface area contributed by atoms with E-state index in [2.05, 4.69) is 6.92 Å². The van der Waals surface area contributed by atoms with Crippen molar-refractivity contribution in [2.24, 2.45) is 0 Å². The molecule has 0 aliphatic carbocycles. The third-order valence-electron chi connectivity index (χ3n) is 2.33. The maximum atomic E-state index is 5.65. The normalized spacial score (nSPS) is 10.3. The Hall–Kier alpha value is -0.630. The molecule has 1 aromatic carbocycles. The predicted octanol–water partition coefficient (Wildman–Crippen LogP) is 4.34. The average Bonchev–Trinajstić information content (AvgIpc) is 2.29. The van der Waals surface area contributed by atoms with Gasteiger partial charge >= 0.3 is 0 Å². The van der Waals surface area contributed by atoms with E-state index in [1.54, 1.807) is 0 Å². The molecule has 0 unspecified atom stereocenters. The van der Waals surface area contributed by atoms with E-state index in [1.807, 2.05) is 24.3 Å². The standard InChI is InChI=1S/C13H19OS/c1-2-3-4-5-9-14-13-8-6-7-12(10-13)11-15/h6-8,10H,2-5,9,11H2,1H3. The highest BCUT2D eigenvalue weighted by molar-refractivity contribution is 7.79. The van der Waals surface area contributed by atoms with Gasteiger partial charge in [-0.15, -0.1) is 0 Å². The summed E-state index contributed by atoms with van der Waals surface area (Å²) < 4.78 is 5.65. The number of hydrogen-bond acceptors (Lipinski definition) is 1. The van der Waals surface area contributed by atoms with Crippen molar-refractivity contribution in [2.75, 3.05) is 6.61 Å². The van der Waals surface area contributed by atoms with Crippen LogP contribution in [0.2, 0.25) is 0 Å². The quantitative estimate of drug-likeness (QED) is 0.625. The largest absolute Gasteiger partial charge is 0.494 e. The molecule has 0 amide bonds. The minimum Gasteiger partial charge on any atom is -0.494 e. The monoisotopic (exact) mass is 223 g/mol. The van der Waals surface area contributed by atoms with Gasteiger partial charge in [0.15, 0.2) is 0 Å². The fourth-order valence-electron chi connectivity index (χ4n) is 1.44. The second kappa shape index (κ2) is 7.63. The van der Waals surface area contributed by atoms with Crippen molar-refractivity contribution in [1.82, 2.24) is 0 Å². The molecule has 0 aliphatic rings. The molecule has 83 valence electrons. The van der Waals surface area contributed by atoms with Gasteiger partial charge in [0.1, 0.15) is 5.75 Å². The van der Waals surface area contributed by atoms with Gasteiger partial charge in [-0.25, -0.2) is 0 Å². The fourth-order valence-corrected chi connectivity index (χ4v) is 1.62. The van der Waals surface area contributed by atoms with Crippen molar-refractivity contribution in [2.45, 2.75) is 38.4 Å². The molecule has 1 aromatic rings. The van der Waals surface area contributed by atoms with E-state index in [9.17, 15) is 0 Å². The van der Waals surface area contributed by atoms with Crippen LogP contribution >= 0.6 is 12.6 Å². The van der Waals surface area contributed by atoms with E-state index >= 15 is 0 Å². The Labute approximate surface area is 98.3 Å². The first-order valence-electron chi connectivity index (χ1n) is 5.66. The molecule has 0 aromatic heterocycles. The van der Waals surface area contributed by atoms with Gasteiger partial charge < -0.3 is 4.74 Å². The first-order valence-corrected chi connectivity index (χ1v) is 6.24. The molecule has 0 N–H and O–H groups in total. The lowest BCUT2D eigenvalue weighted by atomic mass is 10.2. The Morgan fingerprint density at radius 1 is 1.20 bits per heavy atom. The van der Waals surface area contributed by atoms with E-state index in [-0.39, 0.29) is 0 Å². The van der Waals surface area contributed by atoms with Gasteiger partial charge in [-0.2, -0.15) is 0 Å². The minimum absolute atomic E-state index is 0.660. The van der Waals surface area contributed by atoms with Crippen molar-refractivity contribution in [1.29, 1.82) is 0 Å². The van der Waals surface area contributed by atoms with E-state index in [1.165, 1.54) is 19.3 Å². The van der Waals surface area contributed by atoms with Crippen LogP contribution in [0, 0.1) is 0 Å². The molecule has 1 rings (SSSR count). The number of ether oxygens (including phenoxy) is 1. The number of hydrogen-bond donors (Lipinski definition) is 0. The Kier molecular flexibility index (Phi) is 6.33. The fraction of sp³-hybridized carbons (Fsp3) is 0.538. The lowest BCUT2D eigenvalue weighted by Crippen LogP contribution is -1.97. The summed E-state index contributed by atoms with van der Waals surface area (Å²) >= 11 is 4.99. The maximum Gasteiger partial charge on any atom is 0.119 e. The van der Waals surface area contributed by atoms with Gasteiger partial charge in [0.05, 0.1) is 6.61 Å². The summed E-state index contributed by atoms with van der Waals surface area (Å²) in [5.41, 5.74) is 1.16. The summed E-state index contributed by atoms with van der Waals surface area (Å²) in [4.78, 5) is 0. The predicted molar refractivity (Wildman–Crippen MR) is 67.4 cm³/mol. The van der Waals surface area contributed by atoms with Gasteiger partial charge in [-0.05, 0) is 24.1 Å². The van der Waals surface area contributed by atoms with E-state index in [4.69, 9.17) is 17.4 Å². The summed E-state index contributed by atoms with van der Waals surface area (Å²) in [6.07, 6.45) is 4.98.